The summed E-state index contributed by atoms with van der Waals surface area (Å²) in [5.41, 5.74) is 1.21. The zero-order chi connectivity index (χ0) is 15.6. The number of carbonyl (C=O) groups is 2. The first-order valence-corrected chi connectivity index (χ1v) is 6.56. The van der Waals surface area contributed by atoms with E-state index in [1.165, 1.54) is 4.90 Å². The highest BCUT2D eigenvalue weighted by atomic mass is 16.5. The Morgan fingerprint density at radius 3 is 2.81 bits per heavy atom. The van der Waals surface area contributed by atoms with Crippen LogP contribution in [0.3, 0.4) is 0 Å². The van der Waals surface area contributed by atoms with Gasteiger partial charge in [-0.25, -0.2) is 9.59 Å². The van der Waals surface area contributed by atoms with Gasteiger partial charge in [0.05, 0.1) is 19.6 Å². The Morgan fingerprint density at radius 1 is 1.48 bits per heavy atom. The number of H-pyrrole nitrogens is 1. The van der Waals surface area contributed by atoms with E-state index in [2.05, 4.69) is 9.97 Å². The van der Waals surface area contributed by atoms with Crippen LogP contribution in [0.5, 0.6) is 0 Å². The number of rotatable bonds is 3. The molecule has 0 bridgehead atoms. The minimum atomic E-state index is -1.09. The molecule has 1 unspecified atom stereocenters. The van der Waals surface area contributed by atoms with Crippen molar-refractivity contribution in [1.29, 1.82) is 0 Å². The zero-order valence-electron chi connectivity index (χ0n) is 11.9. The molecule has 1 aromatic rings. The maximum atomic E-state index is 12.4. The molecule has 0 radical (unpaired) electrons. The second-order valence-corrected chi connectivity index (χ2v) is 4.92. The van der Waals surface area contributed by atoms with E-state index in [4.69, 9.17) is 9.84 Å². The fourth-order valence-corrected chi connectivity index (χ4v) is 2.37. The van der Waals surface area contributed by atoms with Crippen LogP contribution in [0, 0.1) is 13.8 Å². The van der Waals surface area contributed by atoms with Gasteiger partial charge in [0.15, 0.2) is 6.04 Å². The number of aromatic amines is 1. The predicted molar refractivity (Wildman–Crippen MR) is 72.0 cm³/mol. The quantitative estimate of drug-likeness (QED) is 0.758. The summed E-state index contributed by atoms with van der Waals surface area (Å²) < 4.78 is 5.10. The number of carboxylic acids is 1. The third-order valence-corrected chi connectivity index (χ3v) is 3.51. The first-order chi connectivity index (χ1) is 9.90. The maximum absolute atomic E-state index is 12.4. The van der Waals surface area contributed by atoms with Gasteiger partial charge in [-0.3, -0.25) is 4.79 Å². The van der Waals surface area contributed by atoms with E-state index in [-0.39, 0.29) is 25.5 Å². The molecule has 1 aliphatic heterocycles. The average molecular weight is 295 g/mol. The number of amides is 1. The van der Waals surface area contributed by atoms with Gasteiger partial charge in [-0.1, -0.05) is 0 Å². The number of aromatic nitrogens is 2. The summed E-state index contributed by atoms with van der Waals surface area (Å²) in [4.78, 5) is 42.4. The number of morpholine rings is 1. The summed E-state index contributed by atoms with van der Waals surface area (Å²) in [5.74, 6) is -1.40. The van der Waals surface area contributed by atoms with Gasteiger partial charge in [-0.15, -0.1) is 0 Å². The lowest BCUT2D eigenvalue weighted by Crippen LogP contribution is -2.53. The van der Waals surface area contributed by atoms with E-state index in [0.29, 0.717) is 23.6 Å². The molecule has 0 spiro atoms. The van der Waals surface area contributed by atoms with Crippen LogP contribution in [-0.4, -0.2) is 57.7 Å². The molecular formula is C13H17N3O5. The molecule has 21 heavy (non-hydrogen) atoms. The number of carboxylic acid groups (broad SMARTS) is 1. The highest BCUT2D eigenvalue weighted by Crippen LogP contribution is 2.13. The molecule has 1 aliphatic rings. The summed E-state index contributed by atoms with van der Waals surface area (Å²) in [6.07, 6.45) is 0.00519. The van der Waals surface area contributed by atoms with Gasteiger partial charge in [0, 0.05) is 23.5 Å². The number of carbonyl (C=O) groups excluding carboxylic acids is 1. The van der Waals surface area contributed by atoms with Crippen LogP contribution in [0.25, 0.3) is 0 Å². The minimum Gasteiger partial charge on any atom is -0.480 e. The number of hydrogen-bond donors (Lipinski definition) is 2. The predicted octanol–water partition coefficient (Wildman–Crippen LogP) is -0.759. The van der Waals surface area contributed by atoms with Crippen LogP contribution in [0.2, 0.25) is 0 Å². The van der Waals surface area contributed by atoms with E-state index in [1.54, 1.807) is 13.8 Å². The molecule has 1 amide bonds. The van der Waals surface area contributed by atoms with Crippen LogP contribution in [0.4, 0.5) is 0 Å². The molecule has 8 heteroatoms. The van der Waals surface area contributed by atoms with Gasteiger partial charge < -0.3 is 19.7 Å². The molecule has 1 saturated heterocycles. The first-order valence-electron chi connectivity index (χ1n) is 6.56. The lowest BCUT2D eigenvalue weighted by molar-refractivity contribution is -0.158. The number of aryl methyl sites for hydroxylation is 2. The van der Waals surface area contributed by atoms with E-state index < -0.39 is 17.7 Å². The number of nitrogens with zero attached hydrogens (tertiary/aromatic N) is 2. The number of aliphatic carboxylic acids is 1. The lowest BCUT2D eigenvalue weighted by Gasteiger charge is -2.33. The molecule has 1 fully saturated rings. The van der Waals surface area contributed by atoms with Crippen LogP contribution in [0.1, 0.15) is 17.0 Å². The molecule has 0 saturated carbocycles. The molecular weight excluding hydrogens is 278 g/mol. The highest BCUT2D eigenvalue weighted by molar-refractivity contribution is 5.85. The third-order valence-electron chi connectivity index (χ3n) is 3.51. The number of hydrogen-bond acceptors (Lipinski definition) is 5. The van der Waals surface area contributed by atoms with Crippen LogP contribution < -0.4 is 5.69 Å². The Balaban J connectivity index is 2.21. The van der Waals surface area contributed by atoms with Crippen molar-refractivity contribution < 1.29 is 19.4 Å². The summed E-state index contributed by atoms with van der Waals surface area (Å²) in [6, 6.07) is -0.970. The summed E-state index contributed by atoms with van der Waals surface area (Å²) in [6.45, 7) is 3.89. The molecule has 0 aromatic carbocycles. The standard InChI is InChI=1S/C13H17N3O5/c1-7-9(8(2)15-13(20)14-7)5-11(17)16-3-4-21-6-10(16)12(18)19/h10H,3-6H2,1-2H3,(H,18,19)(H,14,15,20). The molecule has 114 valence electrons. The monoisotopic (exact) mass is 295 g/mol. The second-order valence-electron chi connectivity index (χ2n) is 4.92. The maximum Gasteiger partial charge on any atom is 0.345 e. The van der Waals surface area contributed by atoms with E-state index >= 15 is 0 Å². The smallest absolute Gasteiger partial charge is 0.345 e. The second kappa shape index (κ2) is 6.04. The molecule has 2 N–H and O–H groups in total. The Hall–Kier alpha value is -2.22. The van der Waals surface area contributed by atoms with Crippen molar-refractivity contribution in [2.75, 3.05) is 19.8 Å². The van der Waals surface area contributed by atoms with Gasteiger partial charge in [0.2, 0.25) is 5.91 Å². The van der Waals surface area contributed by atoms with Gasteiger partial charge >= 0.3 is 11.7 Å². The highest BCUT2D eigenvalue weighted by Gasteiger charge is 2.32. The molecule has 8 nitrogen and oxygen atoms in total. The molecule has 0 aliphatic carbocycles. The lowest BCUT2D eigenvalue weighted by atomic mass is 10.1. The summed E-state index contributed by atoms with van der Waals surface area (Å²) in [5, 5.41) is 9.14. The van der Waals surface area contributed by atoms with Crippen LogP contribution in [0.15, 0.2) is 4.79 Å². The minimum absolute atomic E-state index is 0.00519. The topological polar surface area (TPSA) is 113 Å². The molecule has 2 rings (SSSR count). The SMILES string of the molecule is Cc1nc(=O)[nH]c(C)c1CC(=O)N1CCOCC1C(=O)O. The van der Waals surface area contributed by atoms with Crippen molar-refractivity contribution in [3.8, 4) is 0 Å². The first kappa shape index (κ1) is 15.2. The Labute approximate surface area is 120 Å². The molecule has 1 atom stereocenters. The zero-order valence-corrected chi connectivity index (χ0v) is 11.9. The average Bonchev–Trinajstić information content (AvgIpc) is 2.42. The van der Waals surface area contributed by atoms with Crippen molar-refractivity contribution in [1.82, 2.24) is 14.9 Å². The van der Waals surface area contributed by atoms with Gasteiger partial charge in [-0.05, 0) is 13.8 Å². The van der Waals surface area contributed by atoms with Crippen molar-refractivity contribution in [3.05, 3.63) is 27.4 Å². The van der Waals surface area contributed by atoms with Crippen LogP contribution >= 0.6 is 0 Å². The van der Waals surface area contributed by atoms with E-state index in [0.717, 1.165) is 0 Å². The molecule has 1 aromatic heterocycles. The van der Waals surface area contributed by atoms with Crippen molar-refractivity contribution in [3.63, 3.8) is 0 Å². The van der Waals surface area contributed by atoms with E-state index in [9.17, 15) is 14.4 Å². The van der Waals surface area contributed by atoms with Crippen LogP contribution in [-0.2, 0) is 20.7 Å². The Bertz CT molecular complexity index is 598. The van der Waals surface area contributed by atoms with Crippen molar-refractivity contribution in [2.24, 2.45) is 0 Å². The summed E-state index contributed by atoms with van der Waals surface area (Å²) in [7, 11) is 0. The third kappa shape index (κ3) is 3.27. The fraction of sp³-hybridized carbons (Fsp3) is 0.538. The Morgan fingerprint density at radius 2 is 2.19 bits per heavy atom. The molecule has 2 heterocycles. The number of nitrogens with one attached hydrogen (secondary N) is 1. The van der Waals surface area contributed by atoms with Gasteiger partial charge in [0.25, 0.3) is 0 Å². The van der Waals surface area contributed by atoms with Crippen molar-refractivity contribution >= 4 is 11.9 Å². The van der Waals surface area contributed by atoms with Crippen molar-refractivity contribution in [2.45, 2.75) is 26.3 Å². The normalized spacial score (nSPS) is 18.6. The summed E-state index contributed by atoms with van der Waals surface area (Å²) >= 11 is 0. The number of ether oxygens (including phenoxy) is 1. The van der Waals surface area contributed by atoms with Gasteiger partial charge in [0.1, 0.15) is 0 Å². The Kier molecular flexibility index (Phi) is 4.37. The van der Waals surface area contributed by atoms with Gasteiger partial charge in [-0.2, -0.15) is 4.98 Å². The van der Waals surface area contributed by atoms with E-state index in [1.807, 2.05) is 0 Å². The fourth-order valence-electron chi connectivity index (χ4n) is 2.37. The largest absolute Gasteiger partial charge is 0.480 e.